The Kier molecular flexibility index (Phi) is 118. The second-order valence-electron chi connectivity index (χ2n) is 0.0505. The molecule has 0 radical (unpaired) electrons. The van der Waals surface area contributed by atoms with Gasteiger partial charge in [0.15, 0.2) is 0 Å². The Bertz CT molecular complexity index is 21.2. The van der Waals surface area contributed by atoms with Gasteiger partial charge in [-0.1, -0.05) is 0 Å². The van der Waals surface area contributed by atoms with Crippen LogP contribution in [-0.2, 0) is 19.7 Å². The minimum absolute atomic E-state index is 0.650. The summed E-state index contributed by atoms with van der Waals surface area (Å²) >= 11 is 4.73. The molecule has 0 aliphatic heterocycles. The van der Waals surface area contributed by atoms with Crippen molar-refractivity contribution in [2.45, 2.75) is 0 Å². The SMILES string of the molecule is [CH-]=O.[CH-]=O.[I][Ru+2][I]. The summed E-state index contributed by atoms with van der Waals surface area (Å²) in [5.41, 5.74) is 0. The van der Waals surface area contributed by atoms with E-state index in [1.165, 1.54) is 0 Å². The maximum atomic E-state index is 7.75. The zero-order valence-electron chi connectivity index (χ0n) is 3.08. The summed E-state index contributed by atoms with van der Waals surface area (Å²) in [6.45, 7) is 6.50. The van der Waals surface area contributed by atoms with Crippen molar-refractivity contribution < 1.29 is 19.7 Å². The molecule has 0 aliphatic carbocycles. The van der Waals surface area contributed by atoms with Crippen molar-refractivity contribution in [1.29, 1.82) is 0 Å². The molecule has 5 heteroatoms. The molecule has 0 aromatic heterocycles. The van der Waals surface area contributed by atoms with Crippen LogP contribution in [0.1, 0.15) is 0 Å². The molecule has 0 spiro atoms. The van der Waals surface area contributed by atoms with E-state index in [2.05, 4.69) is 53.1 Å². The second kappa shape index (κ2) is 52.2. The van der Waals surface area contributed by atoms with Crippen LogP contribution in [-0.4, -0.2) is 13.6 Å². The first-order chi connectivity index (χ1) is 3.41. The monoisotopic (exact) mass is 414 g/mol. The molecule has 0 heterocycles. The Morgan fingerprint density at radius 2 is 1.00 bits per heavy atom. The van der Waals surface area contributed by atoms with E-state index in [4.69, 9.17) is 9.59 Å². The van der Waals surface area contributed by atoms with Gasteiger partial charge in [0.2, 0.25) is 0 Å². The number of hydrogen-bond acceptors (Lipinski definition) is 2. The number of halogens is 2. The fraction of sp³-hybridized carbons (Fsp3) is 0. The summed E-state index contributed by atoms with van der Waals surface area (Å²) in [6, 6.07) is 0. The number of rotatable bonds is 0. The fourth-order valence-electron chi connectivity index (χ4n) is 0. The van der Waals surface area contributed by atoms with Crippen molar-refractivity contribution >= 4 is 53.1 Å². The van der Waals surface area contributed by atoms with Gasteiger partial charge in [-0.05, 0) is 0 Å². The molecule has 0 aliphatic rings. The molecule has 0 amide bonds. The molecule has 2 nitrogen and oxygen atoms in total. The van der Waals surface area contributed by atoms with Crippen molar-refractivity contribution in [2.24, 2.45) is 0 Å². The molecule has 0 saturated carbocycles. The Labute approximate surface area is 71.8 Å². The molecule has 0 fully saturated rings. The molecule has 0 unspecified atom stereocenters. The topological polar surface area (TPSA) is 34.1 Å². The Morgan fingerprint density at radius 1 is 1.00 bits per heavy atom. The van der Waals surface area contributed by atoms with Gasteiger partial charge in [-0.3, -0.25) is 13.6 Å². The predicted octanol–water partition coefficient (Wildman–Crippen LogP) is 1.22. The van der Waals surface area contributed by atoms with Gasteiger partial charge in [0.1, 0.15) is 0 Å². The Balaban J connectivity index is -0.0000000360. The summed E-state index contributed by atoms with van der Waals surface area (Å²) in [6.07, 6.45) is 0. The van der Waals surface area contributed by atoms with Crippen LogP contribution >= 0.6 is 39.5 Å². The predicted molar refractivity (Wildman–Crippen MR) is 41.5 cm³/mol. The van der Waals surface area contributed by atoms with Crippen molar-refractivity contribution in [3.05, 3.63) is 0 Å². The van der Waals surface area contributed by atoms with E-state index < -0.39 is 0 Å². The Hall–Kier alpha value is 1.42. The van der Waals surface area contributed by atoms with E-state index >= 15 is 0 Å². The molecule has 0 rings (SSSR count). The van der Waals surface area contributed by atoms with E-state index in [0.717, 1.165) is 0 Å². The second-order valence-corrected chi connectivity index (χ2v) is 13.4. The first-order valence-electron chi connectivity index (χ1n) is 0.739. The molecule has 0 aromatic carbocycles. The van der Waals surface area contributed by atoms with Crippen molar-refractivity contribution in [3.8, 4) is 0 Å². The standard InChI is InChI=1S/2CHO.2HI.Ru/c2*1-2;;;/h2*1H;2*1H;/q2*-1;;;+4/p-2. The molecule has 0 atom stereocenters. The maximum absolute atomic E-state index is 7.75. The van der Waals surface area contributed by atoms with E-state index in [1.54, 1.807) is 0 Å². The zero-order chi connectivity index (χ0) is 6.71. The minimum atomic E-state index is 0.650. The summed E-state index contributed by atoms with van der Waals surface area (Å²) in [4.78, 5) is 15.5. The van der Waals surface area contributed by atoms with Crippen molar-refractivity contribution in [1.82, 2.24) is 0 Å². The molecule has 7 heavy (non-hydrogen) atoms. The molecular weight excluding hydrogens is 411 g/mol. The summed E-state index contributed by atoms with van der Waals surface area (Å²) < 4.78 is 0. The van der Waals surface area contributed by atoms with Crippen LogP contribution < -0.4 is 0 Å². The van der Waals surface area contributed by atoms with Crippen LogP contribution in [0.5, 0.6) is 0 Å². The van der Waals surface area contributed by atoms with E-state index in [1.807, 2.05) is 0 Å². The average Bonchev–Trinajstić information content (AvgIpc) is 1.78. The van der Waals surface area contributed by atoms with Gasteiger partial charge < -0.3 is 9.59 Å². The third kappa shape index (κ3) is 108. The summed E-state index contributed by atoms with van der Waals surface area (Å²) in [7, 11) is 0.650. The van der Waals surface area contributed by atoms with Crippen LogP contribution in [0.4, 0.5) is 0 Å². The first kappa shape index (κ1) is 15.8. The van der Waals surface area contributed by atoms with Gasteiger partial charge in [0.25, 0.3) is 0 Å². The zero-order valence-corrected chi connectivity index (χ0v) is 9.13. The number of carbonyl (C=O) groups excluding carboxylic acids is 2. The van der Waals surface area contributed by atoms with Crippen molar-refractivity contribution in [2.75, 3.05) is 0 Å². The molecule has 0 aromatic rings. The quantitative estimate of drug-likeness (QED) is 0.259. The van der Waals surface area contributed by atoms with Crippen molar-refractivity contribution in [3.63, 3.8) is 0 Å². The third-order valence-corrected chi connectivity index (χ3v) is 0. The van der Waals surface area contributed by atoms with E-state index in [0.29, 0.717) is 10.1 Å². The van der Waals surface area contributed by atoms with Crippen LogP contribution in [0.25, 0.3) is 0 Å². The van der Waals surface area contributed by atoms with E-state index in [9.17, 15) is 0 Å². The molecular formula is C2H2I2O2Ru. The molecule has 0 N–H and O–H groups in total. The first-order valence-corrected chi connectivity index (χ1v) is 11.1. The summed E-state index contributed by atoms with van der Waals surface area (Å²) in [5, 5.41) is 0. The van der Waals surface area contributed by atoms with Gasteiger partial charge in [0, 0.05) is 0 Å². The van der Waals surface area contributed by atoms with Gasteiger partial charge in [-0.15, -0.1) is 0 Å². The molecule has 44 valence electrons. The van der Waals surface area contributed by atoms with Gasteiger partial charge in [-0.25, -0.2) is 0 Å². The fourth-order valence-corrected chi connectivity index (χ4v) is 0. The Morgan fingerprint density at radius 3 is 1.00 bits per heavy atom. The third-order valence-electron chi connectivity index (χ3n) is 0. The molecule has 0 bridgehead atoms. The number of hydrogen-bond donors (Lipinski definition) is 0. The van der Waals surface area contributed by atoms with Gasteiger partial charge in [0.05, 0.1) is 0 Å². The average molecular weight is 413 g/mol. The van der Waals surface area contributed by atoms with Crippen LogP contribution in [0.15, 0.2) is 0 Å². The van der Waals surface area contributed by atoms with E-state index in [-0.39, 0.29) is 0 Å². The van der Waals surface area contributed by atoms with Crippen LogP contribution in [0, 0.1) is 0 Å². The van der Waals surface area contributed by atoms with Crippen LogP contribution in [0.3, 0.4) is 0 Å². The van der Waals surface area contributed by atoms with Gasteiger partial charge in [-0.2, -0.15) is 0 Å². The summed E-state index contributed by atoms with van der Waals surface area (Å²) in [5.74, 6) is 0. The molecule has 0 saturated heterocycles. The van der Waals surface area contributed by atoms with Gasteiger partial charge >= 0.3 is 49.6 Å². The normalized spacial score (nSPS) is 3.71. The van der Waals surface area contributed by atoms with Crippen LogP contribution in [0.2, 0.25) is 0 Å².